The van der Waals surface area contributed by atoms with Crippen LogP contribution in [0.25, 0.3) is 22.4 Å². The lowest BCUT2D eigenvalue weighted by molar-refractivity contribution is -0.136. The molecule has 0 radical (unpaired) electrons. The SMILES string of the molecule is CCc1oc(-c2cccc(C)c2)nc1Cc1cc2cc(CC(SC)C(=O)O)ccc2o1. The van der Waals surface area contributed by atoms with Gasteiger partial charge in [0.2, 0.25) is 5.89 Å². The number of carboxylic acid groups (broad SMARTS) is 1. The summed E-state index contributed by atoms with van der Waals surface area (Å²) in [5.41, 5.74) is 4.79. The Balaban J connectivity index is 1.59. The number of carbonyl (C=O) groups is 1. The molecule has 2 aromatic carbocycles. The molecule has 0 aliphatic carbocycles. The molecule has 0 amide bonds. The molecule has 0 bridgehead atoms. The molecule has 6 heteroatoms. The van der Waals surface area contributed by atoms with Gasteiger partial charge in [-0.2, -0.15) is 0 Å². The summed E-state index contributed by atoms with van der Waals surface area (Å²) in [5.74, 6) is 1.52. The summed E-state index contributed by atoms with van der Waals surface area (Å²) < 4.78 is 12.1. The molecule has 0 spiro atoms. The predicted octanol–water partition coefficient (Wildman–Crippen LogP) is 5.91. The van der Waals surface area contributed by atoms with Crippen molar-refractivity contribution in [3.05, 3.63) is 76.9 Å². The lowest BCUT2D eigenvalue weighted by Crippen LogP contribution is -2.18. The first-order valence-corrected chi connectivity index (χ1v) is 11.6. The third-order valence-electron chi connectivity index (χ3n) is 5.32. The zero-order chi connectivity index (χ0) is 22.0. The Hall–Kier alpha value is -2.99. The maximum atomic E-state index is 11.3. The molecule has 4 rings (SSSR count). The third kappa shape index (κ3) is 4.69. The van der Waals surface area contributed by atoms with E-state index in [2.05, 4.69) is 26.0 Å². The Kier molecular flexibility index (Phi) is 6.18. The molecule has 5 nitrogen and oxygen atoms in total. The monoisotopic (exact) mass is 435 g/mol. The van der Waals surface area contributed by atoms with Crippen LogP contribution in [0.15, 0.2) is 57.4 Å². The van der Waals surface area contributed by atoms with E-state index in [1.165, 1.54) is 11.8 Å². The minimum atomic E-state index is -0.789. The number of furan rings is 1. The van der Waals surface area contributed by atoms with Gasteiger partial charge in [-0.15, -0.1) is 11.8 Å². The van der Waals surface area contributed by atoms with Crippen LogP contribution in [0.2, 0.25) is 0 Å². The zero-order valence-corrected chi connectivity index (χ0v) is 18.7. The molecular weight excluding hydrogens is 410 g/mol. The number of hydrogen-bond donors (Lipinski definition) is 1. The van der Waals surface area contributed by atoms with Crippen molar-refractivity contribution in [1.29, 1.82) is 0 Å². The van der Waals surface area contributed by atoms with E-state index in [1.54, 1.807) is 0 Å². The highest BCUT2D eigenvalue weighted by molar-refractivity contribution is 7.99. The highest BCUT2D eigenvalue weighted by Crippen LogP contribution is 2.28. The standard InChI is InChI=1S/C25H25NO4S/c1-4-21-20(26-24(30-21)17-7-5-6-15(2)10-17)14-19-13-18-11-16(8-9-22(18)29-19)12-23(31-3)25(27)28/h5-11,13,23H,4,12,14H2,1-3H3,(H,27,28). The van der Waals surface area contributed by atoms with Crippen LogP contribution in [0.1, 0.15) is 35.3 Å². The summed E-state index contributed by atoms with van der Waals surface area (Å²) in [6.07, 6.45) is 3.60. The fourth-order valence-electron chi connectivity index (χ4n) is 3.71. The second-order valence-corrected chi connectivity index (χ2v) is 8.68. The highest BCUT2D eigenvalue weighted by atomic mass is 32.2. The van der Waals surface area contributed by atoms with Gasteiger partial charge < -0.3 is 13.9 Å². The predicted molar refractivity (Wildman–Crippen MR) is 124 cm³/mol. The van der Waals surface area contributed by atoms with Gasteiger partial charge in [-0.25, -0.2) is 4.98 Å². The van der Waals surface area contributed by atoms with Crippen LogP contribution < -0.4 is 0 Å². The maximum Gasteiger partial charge on any atom is 0.316 e. The molecule has 1 unspecified atom stereocenters. The Morgan fingerprint density at radius 1 is 1.16 bits per heavy atom. The fourth-order valence-corrected chi connectivity index (χ4v) is 4.27. The Morgan fingerprint density at radius 2 is 2.00 bits per heavy atom. The van der Waals surface area contributed by atoms with E-state index < -0.39 is 11.2 Å². The normalized spacial score (nSPS) is 12.4. The molecule has 2 heterocycles. The largest absolute Gasteiger partial charge is 0.480 e. The first-order valence-electron chi connectivity index (χ1n) is 10.3. The molecule has 0 saturated heterocycles. The summed E-state index contributed by atoms with van der Waals surface area (Å²) in [5, 5.41) is 9.83. The fraction of sp³-hybridized carbons (Fsp3) is 0.280. The van der Waals surface area contributed by atoms with Gasteiger partial charge in [-0.1, -0.05) is 30.7 Å². The van der Waals surface area contributed by atoms with Gasteiger partial charge in [-0.3, -0.25) is 4.79 Å². The smallest absolute Gasteiger partial charge is 0.316 e. The van der Waals surface area contributed by atoms with Crippen molar-refractivity contribution in [2.45, 2.75) is 38.4 Å². The number of aryl methyl sites for hydroxylation is 2. The molecule has 0 fully saturated rings. The molecular formula is C25H25NO4S. The summed E-state index contributed by atoms with van der Waals surface area (Å²) in [4.78, 5) is 16.1. The van der Waals surface area contributed by atoms with Gasteiger partial charge in [0.1, 0.15) is 22.4 Å². The lowest BCUT2D eigenvalue weighted by Gasteiger charge is -2.08. The minimum absolute atomic E-state index is 0.453. The third-order valence-corrected chi connectivity index (χ3v) is 6.26. The van der Waals surface area contributed by atoms with Crippen LogP contribution in [0.4, 0.5) is 0 Å². The van der Waals surface area contributed by atoms with E-state index in [9.17, 15) is 9.90 Å². The molecule has 2 aromatic heterocycles. The van der Waals surface area contributed by atoms with Gasteiger partial charge in [-0.05, 0) is 55.5 Å². The first kappa shape index (κ1) is 21.2. The number of thioether (sulfide) groups is 1. The maximum absolute atomic E-state index is 11.3. The summed E-state index contributed by atoms with van der Waals surface area (Å²) in [6.45, 7) is 4.11. The van der Waals surface area contributed by atoms with E-state index >= 15 is 0 Å². The minimum Gasteiger partial charge on any atom is -0.480 e. The average molecular weight is 436 g/mol. The second-order valence-electron chi connectivity index (χ2n) is 7.64. The number of nitrogens with zero attached hydrogens (tertiary/aromatic N) is 1. The number of benzene rings is 2. The summed E-state index contributed by atoms with van der Waals surface area (Å²) in [6, 6.07) is 16.0. The van der Waals surface area contributed by atoms with Crippen molar-refractivity contribution in [2.75, 3.05) is 6.26 Å². The molecule has 1 atom stereocenters. The van der Waals surface area contributed by atoms with Crippen LogP contribution >= 0.6 is 11.8 Å². The second kappa shape index (κ2) is 9.02. The van der Waals surface area contributed by atoms with Crippen LogP contribution in [-0.4, -0.2) is 27.6 Å². The molecule has 0 aliphatic heterocycles. The zero-order valence-electron chi connectivity index (χ0n) is 17.8. The van der Waals surface area contributed by atoms with E-state index in [1.807, 2.05) is 42.7 Å². The van der Waals surface area contributed by atoms with Crippen LogP contribution in [0.5, 0.6) is 0 Å². The van der Waals surface area contributed by atoms with Gasteiger partial charge in [0.05, 0.1) is 12.1 Å². The Labute approximate surface area is 185 Å². The number of carboxylic acids is 1. The number of hydrogen-bond acceptors (Lipinski definition) is 5. The van der Waals surface area contributed by atoms with Crippen molar-refractivity contribution in [3.8, 4) is 11.5 Å². The lowest BCUT2D eigenvalue weighted by atomic mass is 10.1. The number of rotatable bonds is 8. The van der Waals surface area contributed by atoms with Gasteiger partial charge in [0.25, 0.3) is 0 Å². The molecule has 160 valence electrons. The highest BCUT2D eigenvalue weighted by Gasteiger charge is 2.18. The first-order chi connectivity index (χ1) is 15.0. The molecule has 4 aromatic rings. The van der Waals surface area contributed by atoms with E-state index in [4.69, 9.17) is 13.8 Å². The molecule has 0 saturated carbocycles. The number of aromatic nitrogens is 1. The van der Waals surface area contributed by atoms with Crippen molar-refractivity contribution in [2.24, 2.45) is 0 Å². The number of aliphatic carboxylic acids is 1. The topological polar surface area (TPSA) is 76.5 Å². The van der Waals surface area contributed by atoms with Crippen LogP contribution in [0, 0.1) is 6.92 Å². The van der Waals surface area contributed by atoms with Crippen molar-refractivity contribution < 1.29 is 18.7 Å². The van der Waals surface area contributed by atoms with Gasteiger partial charge in [0, 0.05) is 17.4 Å². The number of fused-ring (bicyclic) bond motifs is 1. The summed E-state index contributed by atoms with van der Waals surface area (Å²) >= 11 is 1.35. The van der Waals surface area contributed by atoms with E-state index in [0.717, 1.165) is 51.3 Å². The van der Waals surface area contributed by atoms with Crippen LogP contribution in [0.3, 0.4) is 0 Å². The Morgan fingerprint density at radius 3 is 2.71 bits per heavy atom. The van der Waals surface area contributed by atoms with E-state index in [-0.39, 0.29) is 0 Å². The molecule has 1 N–H and O–H groups in total. The average Bonchev–Trinajstić information content (AvgIpc) is 3.34. The molecule has 31 heavy (non-hydrogen) atoms. The quantitative estimate of drug-likeness (QED) is 0.371. The van der Waals surface area contributed by atoms with E-state index in [0.29, 0.717) is 18.7 Å². The van der Waals surface area contributed by atoms with Crippen LogP contribution in [-0.2, 0) is 24.1 Å². The van der Waals surface area contributed by atoms with Gasteiger partial charge in [0.15, 0.2) is 0 Å². The van der Waals surface area contributed by atoms with Crippen molar-refractivity contribution in [3.63, 3.8) is 0 Å². The number of oxazole rings is 1. The van der Waals surface area contributed by atoms with Gasteiger partial charge >= 0.3 is 5.97 Å². The van der Waals surface area contributed by atoms with Crippen molar-refractivity contribution in [1.82, 2.24) is 4.98 Å². The van der Waals surface area contributed by atoms with Crippen molar-refractivity contribution >= 4 is 28.7 Å². The molecule has 0 aliphatic rings. The Bertz CT molecular complexity index is 1220. The summed E-state index contributed by atoms with van der Waals surface area (Å²) in [7, 11) is 0.